The molecule has 11 nitrogen and oxygen atoms in total. The third-order valence-corrected chi connectivity index (χ3v) is 10.2. The Hall–Kier alpha value is -4.36. The quantitative estimate of drug-likeness (QED) is 0.123. The Morgan fingerprint density at radius 3 is 2.27 bits per heavy atom. The Morgan fingerprint density at radius 2 is 1.65 bits per heavy atom. The molecule has 252 valence electrons. The molecule has 2 amide bonds. The molecule has 0 radical (unpaired) electrons. The van der Waals surface area contributed by atoms with Crippen LogP contribution >= 0.6 is 34.8 Å². The third kappa shape index (κ3) is 8.37. The van der Waals surface area contributed by atoms with Gasteiger partial charge in [0, 0.05) is 36.7 Å². The van der Waals surface area contributed by atoms with Crippen LogP contribution in [-0.2, 0) is 32.6 Å². The summed E-state index contributed by atoms with van der Waals surface area (Å²) in [5.41, 5.74) is 0.971. The van der Waals surface area contributed by atoms with Gasteiger partial charge in [-0.3, -0.25) is 24.0 Å². The highest BCUT2D eigenvalue weighted by molar-refractivity contribution is 7.92. The fourth-order valence-corrected chi connectivity index (χ4v) is 6.92. The van der Waals surface area contributed by atoms with Gasteiger partial charge in [-0.15, -0.1) is 0 Å². The van der Waals surface area contributed by atoms with Crippen molar-refractivity contribution in [1.29, 1.82) is 0 Å². The average Bonchev–Trinajstić information content (AvgIpc) is 3.06. The number of sulfonamides is 1. The van der Waals surface area contributed by atoms with E-state index < -0.39 is 49.9 Å². The lowest BCUT2D eigenvalue weighted by Gasteiger charge is -2.34. The van der Waals surface area contributed by atoms with Crippen molar-refractivity contribution in [3.63, 3.8) is 0 Å². The molecule has 0 bridgehead atoms. The lowest BCUT2D eigenvalue weighted by molar-refractivity contribution is -0.385. The maximum atomic E-state index is 14.5. The molecule has 0 aliphatic rings. The van der Waals surface area contributed by atoms with Crippen LogP contribution in [0.5, 0.6) is 5.75 Å². The van der Waals surface area contributed by atoms with Crippen molar-refractivity contribution in [2.24, 2.45) is 0 Å². The lowest BCUT2D eigenvalue weighted by atomic mass is 10.0. The first-order chi connectivity index (χ1) is 22.8. The van der Waals surface area contributed by atoms with Crippen molar-refractivity contribution in [3.8, 4) is 5.75 Å². The summed E-state index contributed by atoms with van der Waals surface area (Å²) in [6.45, 7) is 0.476. The number of nitrogens with zero attached hydrogens (tertiary/aromatic N) is 3. The number of carbonyl (C=O) groups is 2. The summed E-state index contributed by atoms with van der Waals surface area (Å²) >= 11 is 18.7. The lowest BCUT2D eigenvalue weighted by Crippen LogP contribution is -2.53. The molecular weight excluding hydrogens is 703 g/mol. The standard InChI is InChI=1S/C33H31Cl3N4O7S/c1-21-9-12-25(18-28(21)40(43)44)48(45,46)39(29-17-24(34)11-14-31(29)47-3)20-32(41)38(19-23-10-13-26(35)27(36)15-23)30(33(42)37-2)16-22-7-5-4-6-8-22/h4-15,17-18,30H,16,19-20H2,1-3H3,(H,37,42). The molecule has 4 aromatic carbocycles. The molecule has 48 heavy (non-hydrogen) atoms. The Bertz CT molecular complexity index is 1950. The summed E-state index contributed by atoms with van der Waals surface area (Å²) in [6.07, 6.45) is 0.0883. The molecule has 0 aliphatic carbocycles. The molecule has 0 aliphatic heterocycles. The first-order valence-corrected chi connectivity index (χ1v) is 16.9. The topological polar surface area (TPSA) is 139 Å². The summed E-state index contributed by atoms with van der Waals surface area (Å²) in [5.74, 6) is -1.23. The number of nitrogens with one attached hydrogen (secondary N) is 1. The third-order valence-electron chi connectivity index (χ3n) is 7.51. The van der Waals surface area contributed by atoms with Gasteiger partial charge in [-0.1, -0.05) is 77.3 Å². The molecule has 0 aromatic heterocycles. The molecular formula is C33H31Cl3N4O7S. The summed E-state index contributed by atoms with van der Waals surface area (Å²) in [5, 5.41) is 15.0. The maximum Gasteiger partial charge on any atom is 0.273 e. The van der Waals surface area contributed by atoms with Crippen molar-refractivity contribution in [2.45, 2.75) is 30.8 Å². The second kappa shape index (κ2) is 15.7. The van der Waals surface area contributed by atoms with Crippen LogP contribution in [0.3, 0.4) is 0 Å². The first kappa shape index (κ1) is 36.5. The van der Waals surface area contributed by atoms with E-state index >= 15 is 0 Å². The van der Waals surface area contributed by atoms with Crippen LogP contribution in [-0.4, -0.2) is 56.8 Å². The number of rotatable bonds is 13. The van der Waals surface area contributed by atoms with Gasteiger partial charge in [0.05, 0.1) is 32.7 Å². The zero-order valence-corrected chi connectivity index (χ0v) is 29.1. The van der Waals surface area contributed by atoms with Crippen LogP contribution in [0.4, 0.5) is 11.4 Å². The van der Waals surface area contributed by atoms with Crippen LogP contribution in [0.25, 0.3) is 0 Å². The Balaban J connectivity index is 1.89. The predicted octanol–water partition coefficient (Wildman–Crippen LogP) is 6.45. The number of hydrogen-bond acceptors (Lipinski definition) is 7. The number of benzene rings is 4. The fraction of sp³-hybridized carbons (Fsp3) is 0.212. The van der Waals surface area contributed by atoms with E-state index in [1.165, 1.54) is 56.3 Å². The molecule has 1 unspecified atom stereocenters. The van der Waals surface area contributed by atoms with Crippen molar-refractivity contribution in [2.75, 3.05) is 25.0 Å². The minimum atomic E-state index is -4.70. The molecule has 0 spiro atoms. The summed E-state index contributed by atoms with van der Waals surface area (Å²) < 4.78 is 35.0. The molecule has 4 aromatic rings. The van der Waals surface area contributed by atoms with Gasteiger partial charge in [0.2, 0.25) is 11.8 Å². The number of halogens is 3. The number of hydrogen-bond donors (Lipinski definition) is 1. The van der Waals surface area contributed by atoms with Crippen LogP contribution < -0.4 is 14.4 Å². The molecule has 1 atom stereocenters. The first-order valence-electron chi connectivity index (χ1n) is 14.4. The highest BCUT2D eigenvalue weighted by Crippen LogP contribution is 2.36. The molecule has 0 heterocycles. The maximum absolute atomic E-state index is 14.5. The highest BCUT2D eigenvalue weighted by atomic mass is 35.5. The number of nitro groups is 1. The number of amides is 2. The number of ether oxygens (including phenoxy) is 1. The van der Waals surface area contributed by atoms with Gasteiger partial charge >= 0.3 is 0 Å². The summed E-state index contributed by atoms with van der Waals surface area (Å²) in [4.78, 5) is 39.8. The number of anilines is 1. The van der Waals surface area contributed by atoms with Gasteiger partial charge in [-0.25, -0.2) is 8.42 Å². The average molecular weight is 734 g/mol. The largest absolute Gasteiger partial charge is 0.495 e. The monoisotopic (exact) mass is 732 g/mol. The minimum Gasteiger partial charge on any atom is -0.495 e. The van der Waals surface area contributed by atoms with Gasteiger partial charge in [0.15, 0.2) is 0 Å². The number of carbonyl (C=O) groups excluding carboxylic acids is 2. The van der Waals surface area contributed by atoms with E-state index in [9.17, 15) is 28.1 Å². The van der Waals surface area contributed by atoms with E-state index in [0.29, 0.717) is 5.56 Å². The van der Waals surface area contributed by atoms with Gasteiger partial charge in [-0.2, -0.15) is 0 Å². The van der Waals surface area contributed by atoms with E-state index in [1.54, 1.807) is 42.5 Å². The van der Waals surface area contributed by atoms with E-state index in [4.69, 9.17) is 39.5 Å². The van der Waals surface area contributed by atoms with E-state index in [0.717, 1.165) is 15.9 Å². The van der Waals surface area contributed by atoms with E-state index in [2.05, 4.69) is 5.32 Å². The zero-order chi connectivity index (χ0) is 35.2. The molecule has 15 heteroatoms. The van der Waals surface area contributed by atoms with E-state index in [-0.39, 0.29) is 45.0 Å². The Labute approximate surface area is 293 Å². The van der Waals surface area contributed by atoms with Crippen LogP contribution in [0.1, 0.15) is 16.7 Å². The van der Waals surface area contributed by atoms with Crippen molar-refractivity contribution in [1.82, 2.24) is 10.2 Å². The Morgan fingerprint density at radius 1 is 0.938 bits per heavy atom. The fourth-order valence-electron chi connectivity index (χ4n) is 5.00. The van der Waals surface area contributed by atoms with Crippen LogP contribution in [0.15, 0.2) is 89.8 Å². The predicted molar refractivity (Wildman–Crippen MR) is 185 cm³/mol. The van der Waals surface area contributed by atoms with Crippen LogP contribution in [0.2, 0.25) is 15.1 Å². The number of likely N-dealkylation sites (N-methyl/N-ethyl adjacent to an activating group) is 1. The van der Waals surface area contributed by atoms with Crippen molar-refractivity contribution < 1.29 is 27.7 Å². The second-order valence-corrected chi connectivity index (χ2v) is 13.7. The highest BCUT2D eigenvalue weighted by Gasteiger charge is 2.36. The van der Waals surface area contributed by atoms with Crippen molar-refractivity contribution in [3.05, 3.63) is 127 Å². The Kier molecular flexibility index (Phi) is 11.9. The summed E-state index contributed by atoms with van der Waals surface area (Å²) in [6, 6.07) is 20.3. The van der Waals surface area contributed by atoms with Crippen LogP contribution in [0, 0.1) is 17.0 Å². The smallest absolute Gasteiger partial charge is 0.273 e. The molecule has 1 N–H and O–H groups in total. The van der Waals surface area contributed by atoms with Gasteiger partial charge in [-0.05, 0) is 54.4 Å². The number of nitro benzene ring substituents is 1. The van der Waals surface area contributed by atoms with Gasteiger partial charge in [0.25, 0.3) is 15.7 Å². The second-order valence-electron chi connectivity index (χ2n) is 10.6. The minimum absolute atomic E-state index is 0.0561. The van der Waals surface area contributed by atoms with E-state index in [1.807, 2.05) is 6.07 Å². The zero-order valence-electron chi connectivity index (χ0n) is 26.0. The normalized spacial score (nSPS) is 11.8. The molecule has 4 rings (SSSR count). The SMILES string of the molecule is CNC(=O)C(Cc1ccccc1)N(Cc1ccc(Cl)c(Cl)c1)C(=O)CN(c1cc(Cl)ccc1OC)S(=O)(=O)c1ccc(C)c([N+](=O)[O-])c1. The molecule has 0 saturated carbocycles. The van der Waals surface area contributed by atoms with Gasteiger partial charge in [0.1, 0.15) is 18.3 Å². The van der Waals surface area contributed by atoms with Gasteiger partial charge < -0.3 is 15.0 Å². The number of aryl methyl sites for hydroxylation is 1. The molecule has 0 saturated heterocycles. The molecule has 0 fully saturated rings. The summed E-state index contributed by atoms with van der Waals surface area (Å²) in [7, 11) is -1.95. The van der Waals surface area contributed by atoms with Crippen molar-refractivity contribution >= 4 is 68.0 Å². The number of methoxy groups -OCH3 is 1.